The number of halogens is 3. The lowest BCUT2D eigenvalue weighted by molar-refractivity contribution is -0.142. The van der Waals surface area contributed by atoms with Crippen LogP contribution in [0.5, 0.6) is 0 Å². The van der Waals surface area contributed by atoms with E-state index in [1.54, 1.807) is 6.07 Å². The molecule has 32 heavy (non-hydrogen) atoms. The van der Waals surface area contributed by atoms with Gasteiger partial charge in [-0.3, -0.25) is 9.36 Å². The SMILES string of the molecule is CCc1cnc(-c2ccc(Cl)cc2Cl)n1-c1ccc(Br)cc1.NC1CCC(C(=O)O)CC1. The van der Waals surface area contributed by atoms with Crippen LogP contribution in [0.2, 0.25) is 10.0 Å². The van der Waals surface area contributed by atoms with Gasteiger partial charge in [0.2, 0.25) is 0 Å². The van der Waals surface area contributed by atoms with E-state index in [1.807, 2.05) is 30.5 Å². The van der Waals surface area contributed by atoms with Crippen LogP contribution in [0, 0.1) is 5.92 Å². The third-order valence-corrected chi connectivity index (χ3v) is 6.65. The van der Waals surface area contributed by atoms with Crippen LogP contribution in [-0.4, -0.2) is 26.7 Å². The molecule has 170 valence electrons. The number of nitrogens with zero attached hydrogens (tertiary/aromatic N) is 2. The molecular formula is C24H26BrCl2N3O2. The van der Waals surface area contributed by atoms with E-state index in [-0.39, 0.29) is 12.0 Å². The number of nitrogens with two attached hydrogens (primary N) is 1. The highest BCUT2D eigenvalue weighted by atomic mass is 79.9. The minimum absolute atomic E-state index is 0.125. The molecule has 8 heteroatoms. The molecule has 0 aliphatic heterocycles. The second kappa shape index (κ2) is 11.3. The van der Waals surface area contributed by atoms with E-state index in [0.717, 1.165) is 59.3 Å². The van der Waals surface area contributed by atoms with E-state index >= 15 is 0 Å². The number of hydrogen-bond acceptors (Lipinski definition) is 3. The van der Waals surface area contributed by atoms with Gasteiger partial charge < -0.3 is 10.8 Å². The van der Waals surface area contributed by atoms with Gasteiger partial charge in [-0.1, -0.05) is 46.1 Å². The quantitative estimate of drug-likeness (QED) is 0.384. The second-order valence-electron chi connectivity index (χ2n) is 7.81. The number of carboxylic acid groups (broad SMARTS) is 1. The standard InChI is InChI=1S/C17H13BrCl2N2.C7H13NO2/c1-2-13-10-21-17(15-8-5-12(19)9-16(15)20)22(13)14-6-3-11(18)4-7-14;8-6-3-1-5(2-4-6)7(9)10/h3-10H,2H2,1H3;5-6H,1-4,8H2,(H,9,10). The average Bonchev–Trinajstić information content (AvgIpc) is 3.19. The number of imidazole rings is 1. The Morgan fingerprint density at radius 1 is 1.16 bits per heavy atom. The minimum atomic E-state index is -0.660. The summed E-state index contributed by atoms with van der Waals surface area (Å²) in [5.74, 6) is 0.0348. The van der Waals surface area contributed by atoms with Crippen molar-refractivity contribution in [1.82, 2.24) is 9.55 Å². The first-order chi connectivity index (χ1) is 15.3. The Bertz CT molecular complexity index is 1060. The van der Waals surface area contributed by atoms with Crippen molar-refractivity contribution in [3.63, 3.8) is 0 Å². The Kier molecular flexibility index (Phi) is 8.77. The van der Waals surface area contributed by atoms with Gasteiger partial charge in [-0.05, 0) is 74.6 Å². The van der Waals surface area contributed by atoms with Crippen molar-refractivity contribution < 1.29 is 9.90 Å². The van der Waals surface area contributed by atoms with Crippen molar-refractivity contribution in [2.45, 2.75) is 45.1 Å². The molecule has 1 aromatic heterocycles. The third kappa shape index (κ3) is 6.13. The van der Waals surface area contributed by atoms with E-state index in [0.29, 0.717) is 10.0 Å². The normalized spacial score (nSPS) is 18.0. The number of carbonyl (C=O) groups is 1. The molecule has 2 aromatic carbocycles. The molecule has 1 aliphatic carbocycles. The highest BCUT2D eigenvalue weighted by Crippen LogP contribution is 2.32. The van der Waals surface area contributed by atoms with Gasteiger partial charge in [0, 0.05) is 38.7 Å². The van der Waals surface area contributed by atoms with Crippen molar-refractivity contribution >= 4 is 45.1 Å². The van der Waals surface area contributed by atoms with Gasteiger partial charge in [0.05, 0.1) is 10.9 Å². The number of carboxylic acids is 1. The first-order valence-electron chi connectivity index (χ1n) is 10.6. The van der Waals surface area contributed by atoms with Crippen molar-refractivity contribution in [2.75, 3.05) is 0 Å². The van der Waals surface area contributed by atoms with Crippen LogP contribution in [0.1, 0.15) is 38.3 Å². The molecule has 1 fully saturated rings. The maximum absolute atomic E-state index is 10.4. The predicted octanol–water partition coefficient (Wildman–Crippen LogP) is 6.76. The summed E-state index contributed by atoms with van der Waals surface area (Å²) >= 11 is 15.8. The molecule has 1 saturated carbocycles. The molecule has 0 spiro atoms. The zero-order valence-electron chi connectivity index (χ0n) is 17.8. The molecule has 0 unspecified atom stereocenters. The van der Waals surface area contributed by atoms with Gasteiger partial charge in [-0.15, -0.1) is 0 Å². The Hall–Kier alpha value is -1.86. The number of aliphatic carboxylic acids is 1. The molecule has 0 amide bonds. The number of rotatable bonds is 4. The summed E-state index contributed by atoms with van der Waals surface area (Å²) in [4.78, 5) is 15.0. The lowest BCUT2D eigenvalue weighted by atomic mass is 9.87. The van der Waals surface area contributed by atoms with Crippen molar-refractivity contribution in [3.8, 4) is 17.1 Å². The highest BCUT2D eigenvalue weighted by Gasteiger charge is 2.23. The fourth-order valence-corrected chi connectivity index (χ4v) is 4.50. The Morgan fingerprint density at radius 2 is 1.81 bits per heavy atom. The number of benzene rings is 2. The van der Waals surface area contributed by atoms with E-state index in [4.69, 9.17) is 34.0 Å². The molecule has 5 nitrogen and oxygen atoms in total. The largest absolute Gasteiger partial charge is 0.481 e. The smallest absolute Gasteiger partial charge is 0.306 e. The maximum Gasteiger partial charge on any atom is 0.306 e. The van der Waals surface area contributed by atoms with Crippen LogP contribution in [0.25, 0.3) is 17.1 Å². The van der Waals surface area contributed by atoms with E-state index in [1.165, 1.54) is 0 Å². The van der Waals surface area contributed by atoms with Crippen LogP contribution < -0.4 is 5.73 Å². The number of aromatic nitrogens is 2. The summed E-state index contributed by atoms with van der Waals surface area (Å²) in [5, 5.41) is 9.80. The summed E-state index contributed by atoms with van der Waals surface area (Å²) in [6, 6.07) is 13.9. The predicted molar refractivity (Wildman–Crippen MR) is 134 cm³/mol. The fraction of sp³-hybridized carbons (Fsp3) is 0.333. The van der Waals surface area contributed by atoms with Crippen LogP contribution in [0.4, 0.5) is 0 Å². The third-order valence-electron chi connectivity index (χ3n) is 5.58. The topological polar surface area (TPSA) is 81.1 Å². The maximum atomic E-state index is 10.4. The molecule has 1 heterocycles. The highest BCUT2D eigenvalue weighted by molar-refractivity contribution is 9.10. The van der Waals surface area contributed by atoms with Crippen molar-refractivity contribution in [2.24, 2.45) is 11.7 Å². The molecule has 0 radical (unpaired) electrons. The molecule has 0 saturated heterocycles. The van der Waals surface area contributed by atoms with Crippen LogP contribution in [0.15, 0.2) is 53.1 Å². The van der Waals surface area contributed by atoms with Crippen molar-refractivity contribution in [1.29, 1.82) is 0 Å². The second-order valence-corrected chi connectivity index (χ2v) is 9.57. The van der Waals surface area contributed by atoms with Crippen molar-refractivity contribution in [3.05, 3.63) is 68.9 Å². The first kappa shape index (κ1) is 24.8. The van der Waals surface area contributed by atoms with Crippen LogP contribution in [0.3, 0.4) is 0 Å². The van der Waals surface area contributed by atoms with E-state index in [9.17, 15) is 4.79 Å². The molecule has 3 aromatic rings. The zero-order chi connectivity index (χ0) is 23.3. The minimum Gasteiger partial charge on any atom is -0.481 e. The zero-order valence-corrected chi connectivity index (χ0v) is 20.9. The van der Waals surface area contributed by atoms with E-state index in [2.05, 4.69) is 44.5 Å². The summed E-state index contributed by atoms with van der Waals surface area (Å²) in [5.41, 5.74) is 8.66. The Balaban J connectivity index is 0.000000243. The van der Waals surface area contributed by atoms with Gasteiger partial charge in [0.1, 0.15) is 5.82 Å². The Labute approximate surface area is 206 Å². The Morgan fingerprint density at radius 3 is 2.38 bits per heavy atom. The van der Waals surface area contributed by atoms with E-state index < -0.39 is 5.97 Å². The monoisotopic (exact) mass is 537 g/mol. The lowest BCUT2D eigenvalue weighted by Gasteiger charge is -2.22. The molecule has 0 bridgehead atoms. The molecule has 0 atom stereocenters. The van der Waals surface area contributed by atoms with Crippen LogP contribution >= 0.6 is 39.1 Å². The number of hydrogen-bond donors (Lipinski definition) is 2. The summed E-state index contributed by atoms with van der Waals surface area (Å²) < 4.78 is 3.17. The average molecular weight is 539 g/mol. The van der Waals surface area contributed by atoms with Gasteiger partial charge in [-0.25, -0.2) is 4.98 Å². The van der Waals surface area contributed by atoms with Gasteiger partial charge in [-0.2, -0.15) is 0 Å². The fourth-order valence-electron chi connectivity index (χ4n) is 3.74. The summed E-state index contributed by atoms with van der Waals surface area (Å²) in [6.45, 7) is 2.11. The summed E-state index contributed by atoms with van der Waals surface area (Å²) in [6.07, 6.45) is 6.04. The summed E-state index contributed by atoms with van der Waals surface area (Å²) in [7, 11) is 0. The molecular weight excluding hydrogens is 513 g/mol. The van der Waals surface area contributed by atoms with Crippen LogP contribution in [-0.2, 0) is 11.2 Å². The van der Waals surface area contributed by atoms with Gasteiger partial charge in [0.25, 0.3) is 0 Å². The van der Waals surface area contributed by atoms with Gasteiger partial charge in [0.15, 0.2) is 0 Å². The molecule has 1 aliphatic rings. The first-order valence-corrected chi connectivity index (χ1v) is 12.1. The van der Waals surface area contributed by atoms with Gasteiger partial charge >= 0.3 is 5.97 Å². The molecule has 4 rings (SSSR count). The lowest BCUT2D eigenvalue weighted by Crippen LogP contribution is -2.29. The molecule has 3 N–H and O–H groups in total. The number of aryl methyl sites for hydroxylation is 1.